The number of carbonyl (C=O) groups is 5. The Morgan fingerprint density at radius 2 is 1.50 bits per heavy atom. The smallest absolute Gasteiger partial charge is 0.303 e. The first kappa shape index (κ1) is 38.2. The van der Waals surface area contributed by atoms with Crippen molar-refractivity contribution in [1.82, 2.24) is 10.2 Å². The van der Waals surface area contributed by atoms with Crippen molar-refractivity contribution in [1.29, 1.82) is 0 Å². The van der Waals surface area contributed by atoms with Crippen LogP contribution in [0.5, 0.6) is 0 Å². The van der Waals surface area contributed by atoms with Gasteiger partial charge in [0.1, 0.15) is 6.04 Å². The molecule has 2 rings (SSSR count). The number of hydrogen-bond acceptors (Lipinski definition) is 9. The summed E-state index contributed by atoms with van der Waals surface area (Å²) in [6, 6.07) is -1.24. The minimum absolute atomic E-state index is 0.000233. The summed E-state index contributed by atoms with van der Waals surface area (Å²) in [7, 11) is 1.09. The van der Waals surface area contributed by atoms with Crippen LogP contribution in [0.1, 0.15) is 65.9 Å². The van der Waals surface area contributed by atoms with Crippen molar-refractivity contribution < 1.29 is 60.5 Å². The van der Waals surface area contributed by atoms with Gasteiger partial charge in [-0.1, -0.05) is 26.3 Å². The van der Waals surface area contributed by atoms with Crippen LogP contribution in [0.2, 0.25) is 0 Å². The van der Waals surface area contributed by atoms with Gasteiger partial charge < -0.3 is 29.2 Å². The van der Waals surface area contributed by atoms with Gasteiger partial charge in [0.25, 0.3) is 5.91 Å². The summed E-state index contributed by atoms with van der Waals surface area (Å²) in [5.74, 6) is -10.9. The number of carbonyl (C=O) groups excluding carboxylic acids is 5. The molecule has 0 saturated carbocycles. The maximum Gasteiger partial charge on any atom is 0.303 e. The summed E-state index contributed by atoms with van der Waals surface area (Å²) >= 11 is 0. The molecule has 0 aliphatic carbocycles. The Morgan fingerprint density at radius 3 is 2.02 bits per heavy atom. The monoisotopic (exact) mass is 660 g/mol. The van der Waals surface area contributed by atoms with E-state index < -0.39 is 95.6 Å². The van der Waals surface area contributed by atoms with Crippen LogP contribution in [0.25, 0.3) is 0 Å². The van der Waals surface area contributed by atoms with Gasteiger partial charge in [-0.2, -0.15) is 0 Å². The molecule has 1 fully saturated rings. The highest BCUT2D eigenvalue weighted by atomic mass is 19.2. The fraction of sp³-hybridized carbons (Fsp3) is 0.581. The van der Waals surface area contributed by atoms with E-state index >= 15 is 0 Å². The molecule has 0 radical (unpaired) electrons. The Labute approximate surface area is 264 Å². The van der Waals surface area contributed by atoms with Gasteiger partial charge in [-0.15, -0.1) is 0 Å². The minimum Gasteiger partial charge on any atom is -0.455 e. The maximum absolute atomic E-state index is 14.4. The number of ether oxygens (including phenoxy) is 4. The standard InChI is InChI=1S/C31H40F4N2O9/c1-7-16(2)11-12-24(44-17(3)38)27(45-18(4)39)28(46-19(5)40)29(43-6)30(41)36-23-10-8-9-13-37(31(23)42)15-20-25(34)21(32)14-22(33)26(20)35/h11-12,14,16,23-24,27-29H,7-10,13,15H2,1-6H3,(H,36,41)/b12-11+/t16?,23-,24+,27-,28+,29+/m0/s1. The van der Waals surface area contributed by atoms with E-state index in [9.17, 15) is 41.5 Å². The van der Waals surface area contributed by atoms with Crippen molar-refractivity contribution in [2.75, 3.05) is 13.7 Å². The molecule has 6 atom stereocenters. The number of benzene rings is 1. The summed E-state index contributed by atoms with van der Waals surface area (Å²) in [5.41, 5.74) is -0.992. The Hall–Kier alpha value is -4.01. The molecule has 1 saturated heterocycles. The van der Waals surface area contributed by atoms with E-state index in [1.807, 2.05) is 13.8 Å². The third-order valence-electron chi connectivity index (χ3n) is 7.29. The molecule has 1 aliphatic heterocycles. The summed E-state index contributed by atoms with van der Waals surface area (Å²) in [6.07, 6.45) is -1.76. The van der Waals surface area contributed by atoms with Gasteiger partial charge >= 0.3 is 17.9 Å². The molecule has 11 nitrogen and oxygen atoms in total. The zero-order valence-corrected chi connectivity index (χ0v) is 26.6. The number of likely N-dealkylation sites (tertiary alicyclic amines) is 1. The second-order valence-electron chi connectivity index (χ2n) is 10.9. The molecular formula is C31H40F4N2O9. The number of nitrogens with zero attached hydrogens (tertiary/aromatic N) is 1. The first-order valence-corrected chi connectivity index (χ1v) is 14.7. The molecule has 46 heavy (non-hydrogen) atoms. The van der Waals surface area contributed by atoms with E-state index in [4.69, 9.17) is 18.9 Å². The lowest BCUT2D eigenvalue weighted by molar-refractivity contribution is -0.192. The Morgan fingerprint density at radius 1 is 0.935 bits per heavy atom. The first-order chi connectivity index (χ1) is 21.6. The van der Waals surface area contributed by atoms with Gasteiger partial charge in [0.05, 0.1) is 6.54 Å². The maximum atomic E-state index is 14.4. The zero-order chi connectivity index (χ0) is 34.7. The van der Waals surface area contributed by atoms with Crippen molar-refractivity contribution in [3.63, 3.8) is 0 Å². The number of rotatable bonds is 14. The number of amides is 2. The Kier molecular flexibility index (Phi) is 14.6. The second-order valence-corrected chi connectivity index (χ2v) is 10.9. The van der Waals surface area contributed by atoms with E-state index in [2.05, 4.69) is 5.32 Å². The molecule has 1 N–H and O–H groups in total. The van der Waals surface area contributed by atoms with Crippen LogP contribution in [0, 0.1) is 29.2 Å². The third-order valence-corrected chi connectivity index (χ3v) is 7.29. The molecule has 0 aromatic heterocycles. The number of nitrogens with one attached hydrogen (secondary N) is 1. The van der Waals surface area contributed by atoms with Crippen molar-refractivity contribution in [3.05, 3.63) is 47.1 Å². The van der Waals surface area contributed by atoms with E-state index in [0.717, 1.165) is 32.8 Å². The normalized spacial score (nSPS) is 18.6. The van der Waals surface area contributed by atoms with Crippen molar-refractivity contribution in [3.8, 4) is 0 Å². The van der Waals surface area contributed by atoms with Gasteiger partial charge in [-0.05, 0) is 31.3 Å². The molecular weight excluding hydrogens is 620 g/mol. The van der Waals surface area contributed by atoms with Crippen LogP contribution in [0.4, 0.5) is 17.6 Å². The quantitative estimate of drug-likeness (QED) is 0.104. The third kappa shape index (κ3) is 10.5. The molecule has 1 aromatic carbocycles. The first-order valence-electron chi connectivity index (χ1n) is 14.7. The van der Waals surface area contributed by atoms with Gasteiger partial charge in [0.2, 0.25) is 5.91 Å². The lowest BCUT2D eigenvalue weighted by Gasteiger charge is -2.34. The van der Waals surface area contributed by atoms with Crippen LogP contribution in [-0.2, 0) is 49.5 Å². The van der Waals surface area contributed by atoms with E-state index in [-0.39, 0.29) is 24.9 Å². The zero-order valence-electron chi connectivity index (χ0n) is 26.6. The summed E-state index contributed by atoms with van der Waals surface area (Å²) in [5, 5.41) is 2.48. The van der Waals surface area contributed by atoms with Crippen LogP contribution in [-0.4, -0.2) is 78.7 Å². The summed E-state index contributed by atoms with van der Waals surface area (Å²) in [6.45, 7) is 6.12. The molecule has 1 unspecified atom stereocenters. The fourth-order valence-corrected chi connectivity index (χ4v) is 4.84. The summed E-state index contributed by atoms with van der Waals surface area (Å²) in [4.78, 5) is 64.4. The molecule has 0 bridgehead atoms. The predicted molar refractivity (Wildman–Crippen MR) is 154 cm³/mol. The molecule has 256 valence electrons. The number of hydrogen-bond donors (Lipinski definition) is 1. The Bertz CT molecular complexity index is 1280. The predicted octanol–water partition coefficient (Wildman–Crippen LogP) is 3.65. The van der Waals surface area contributed by atoms with Gasteiger partial charge in [0.15, 0.2) is 47.7 Å². The molecule has 1 aromatic rings. The highest BCUT2D eigenvalue weighted by molar-refractivity contribution is 5.90. The molecule has 0 spiro atoms. The lowest BCUT2D eigenvalue weighted by Crippen LogP contribution is -2.58. The average Bonchev–Trinajstić information content (AvgIpc) is 3.14. The van der Waals surface area contributed by atoms with Crippen LogP contribution in [0.15, 0.2) is 18.2 Å². The van der Waals surface area contributed by atoms with E-state index in [0.29, 0.717) is 19.3 Å². The number of halogens is 4. The van der Waals surface area contributed by atoms with Gasteiger partial charge in [-0.25, -0.2) is 17.6 Å². The number of esters is 3. The second kappa shape index (κ2) is 17.6. The topological polar surface area (TPSA) is 138 Å². The van der Waals surface area contributed by atoms with Gasteiger partial charge in [-0.3, -0.25) is 24.0 Å². The fourth-order valence-electron chi connectivity index (χ4n) is 4.84. The van der Waals surface area contributed by atoms with Gasteiger partial charge in [0, 0.05) is 46.1 Å². The molecule has 2 amide bonds. The van der Waals surface area contributed by atoms with E-state index in [1.54, 1.807) is 6.08 Å². The summed E-state index contributed by atoms with van der Waals surface area (Å²) < 4.78 is 78.0. The number of allylic oxidation sites excluding steroid dienone is 1. The molecule has 15 heteroatoms. The average molecular weight is 661 g/mol. The molecule has 1 aliphatic rings. The van der Waals surface area contributed by atoms with Crippen LogP contribution in [0.3, 0.4) is 0 Å². The highest BCUT2D eigenvalue weighted by Gasteiger charge is 2.45. The minimum atomic E-state index is -1.74. The molecule has 1 heterocycles. The van der Waals surface area contributed by atoms with Crippen molar-refractivity contribution in [2.45, 2.75) is 97.3 Å². The highest BCUT2D eigenvalue weighted by Crippen LogP contribution is 2.25. The lowest BCUT2D eigenvalue weighted by atomic mass is 9.98. The SMILES string of the molecule is CCC(C)/C=C/[C@@H](OC(C)=O)[C@H](OC(C)=O)[C@@H](OC(C)=O)[C@@H](OC)C(=O)N[C@H]1CCCCN(Cc2c(F)c(F)cc(F)c2F)C1=O. The van der Waals surface area contributed by atoms with E-state index in [1.165, 1.54) is 6.08 Å². The van der Waals surface area contributed by atoms with Crippen molar-refractivity contribution in [2.24, 2.45) is 5.92 Å². The van der Waals surface area contributed by atoms with Crippen molar-refractivity contribution >= 4 is 29.7 Å². The van der Waals surface area contributed by atoms with Crippen LogP contribution >= 0.6 is 0 Å². The van der Waals surface area contributed by atoms with Crippen LogP contribution < -0.4 is 5.32 Å². The number of methoxy groups -OCH3 is 1. The largest absolute Gasteiger partial charge is 0.455 e. The Balaban J connectivity index is 2.45.